The number of nitrogens with zero attached hydrogens (tertiary/aromatic N) is 1. The largest absolute Gasteiger partial charge is 0.471 e. The minimum Gasteiger partial charge on any atom is -0.312 e. The van der Waals surface area contributed by atoms with Gasteiger partial charge in [-0.1, -0.05) is 12.1 Å². The molecule has 27 heavy (non-hydrogen) atoms. The number of nitro groups is 1. The van der Waals surface area contributed by atoms with Crippen LogP contribution in [0.25, 0.3) is 11.1 Å². The predicted octanol–water partition coefficient (Wildman–Crippen LogP) is 4.92. The maximum absolute atomic E-state index is 13.6. The fraction of sp³-hybridized carbons (Fsp3) is 0.133. The number of halogens is 7. The molecule has 144 valence electrons. The van der Waals surface area contributed by atoms with E-state index in [4.69, 9.17) is 0 Å². The molecule has 0 saturated carbocycles. The predicted molar refractivity (Wildman–Crippen MR) is 78.2 cm³/mol. The topological polar surface area (TPSA) is 72.2 Å². The summed E-state index contributed by atoms with van der Waals surface area (Å²) in [5.41, 5.74) is -3.60. The maximum Gasteiger partial charge on any atom is 0.471 e. The first-order valence-corrected chi connectivity index (χ1v) is 6.84. The van der Waals surface area contributed by atoms with Gasteiger partial charge in [0.15, 0.2) is 0 Å². The zero-order valence-electron chi connectivity index (χ0n) is 12.8. The van der Waals surface area contributed by atoms with Gasteiger partial charge in [0, 0.05) is 6.07 Å². The van der Waals surface area contributed by atoms with Crippen LogP contribution in [0.3, 0.4) is 0 Å². The van der Waals surface area contributed by atoms with Crippen molar-refractivity contribution in [2.45, 2.75) is 12.4 Å². The van der Waals surface area contributed by atoms with E-state index < -0.39 is 45.9 Å². The summed E-state index contributed by atoms with van der Waals surface area (Å²) >= 11 is 0. The van der Waals surface area contributed by atoms with Crippen molar-refractivity contribution in [3.05, 3.63) is 57.9 Å². The van der Waals surface area contributed by atoms with E-state index in [1.54, 1.807) is 0 Å². The Morgan fingerprint density at radius 3 is 2.00 bits per heavy atom. The van der Waals surface area contributed by atoms with E-state index >= 15 is 0 Å². The van der Waals surface area contributed by atoms with Crippen LogP contribution < -0.4 is 5.32 Å². The normalized spacial score (nSPS) is 12.0. The number of nitro benzene ring substituents is 1. The average molecular weight is 396 g/mol. The highest BCUT2D eigenvalue weighted by atomic mass is 19.4. The Bertz CT molecular complexity index is 907. The van der Waals surface area contributed by atoms with Crippen molar-refractivity contribution in [3.8, 4) is 11.1 Å². The summed E-state index contributed by atoms with van der Waals surface area (Å²) in [6.45, 7) is 0. The number of hydrogen-bond donors (Lipinski definition) is 1. The van der Waals surface area contributed by atoms with E-state index in [1.165, 1.54) is 5.32 Å². The summed E-state index contributed by atoms with van der Waals surface area (Å²) in [4.78, 5) is 20.9. The van der Waals surface area contributed by atoms with E-state index in [0.29, 0.717) is 18.2 Å². The molecular formula is C15H7F7N2O3. The molecule has 1 N–H and O–H groups in total. The minimum absolute atomic E-state index is 0.140. The summed E-state index contributed by atoms with van der Waals surface area (Å²) in [6.07, 6.45) is -10.2. The number of carbonyl (C=O) groups is 1. The first kappa shape index (κ1) is 20.1. The first-order chi connectivity index (χ1) is 12.3. The molecule has 2 aromatic carbocycles. The second kappa shape index (κ2) is 6.85. The second-order valence-electron chi connectivity index (χ2n) is 5.13. The fourth-order valence-corrected chi connectivity index (χ4v) is 2.09. The van der Waals surface area contributed by atoms with Crippen LogP contribution in [-0.2, 0) is 11.0 Å². The third-order valence-corrected chi connectivity index (χ3v) is 3.31. The van der Waals surface area contributed by atoms with Crippen LogP contribution in [0.1, 0.15) is 5.56 Å². The van der Waals surface area contributed by atoms with Gasteiger partial charge in [-0.15, -0.1) is 0 Å². The molecular weight excluding hydrogens is 389 g/mol. The number of hydrogen-bond acceptors (Lipinski definition) is 3. The van der Waals surface area contributed by atoms with Gasteiger partial charge in [0.25, 0.3) is 5.69 Å². The summed E-state index contributed by atoms with van der Waals surface area (Å²) in [6, 6.07) is 4.20. The van der Waals surface area contributed by atoms with Crippen LogP contribution >= 0.6 is 0 Å². The van der Waals surface area contributed by atoms with E-state index in [9.17, 15) is 45.6 Å². The molecule has 2 aromatic rings. The Labute approximate surface area is 145 Å². The molecule has 0 aromatic heterocycles. The Balaban J connectivity index is 2.46. The summed E-state index contributed by atoms with van der Waals surface area (Å²) < 4.78 is 88.1. The van der Waals surface area contributed by atoms with Gasteiger partial charge < -0.3 is 5.32 Å². The molecule has 0 saturated heterocycles. The highest BCUT2D eigenvalue weighted by Crippen LogP contribution is 2.35. The van der Waals surface area contributed by atoms with Gasteiger partial charge in [-0.2, -0.15) is 26.3 Å². The highest BCUT2D eigenvalue weighted by molar-refractivity contribution is 5.97. The number of rotatable bonds is 3. The van der Waals surface area contributed by atoms with Gasteiger partial charge in [-0.05, 0) is 29.3 Å². The summed E-state index contributed by atoms with van der Waals surface area (Å²) in [5.74, 6) is -4.07. The molecule has 0 atom stereocenters. The van der Waals surface area contributed by atoms with Crippen molar-refractivity contribution in [2.75, 3.05) is 5.32 Å². The lowest BCUT2D eigenvalue weighted by atomic mass is 10.0. The Hall–Kier alpha value is -3.18. The van der Waals surface area contributed by atoms with Crippen molar-refractivity contribution >= 4 is 17.3 Å². The molecule has 0 aliphatic heterocycles. The molecule has 0 aliphatic carbocycles. The number of benzene rings is 2. The first-order valence-electron chi connectivity index (χ1n) is 6.84. The standard InChI is InChI=1S/C15H7F7N2O3/c16-10-5-7(1-3-9(10)14(17,18)19)8-2-4-11(12(6-8)24(26)27)23-13(25)15(20,21)22/h1-6H,(H,23,25). The SMILES string of the molecule is O=C(Nc1ccc(-c2ccc(C(F)(F)F)c(F)c2)cc1[N+](=O)[O-])C(F)(F)F. The van der Waals surface area contributed by atoms with Crippen molar-refractivity contribution in [3.63, 3.8) is 0 Å². The van der Waals surface area contributed by atoms with E-state index in [0.717, 1.165) is 18.2 Å². The van der Waals surface area contributed by atoms with Gasteiger partial charge in [0.05, 0.1) is 10.5 Å². The van der Waals surface area contributed by atoms with Gasteiger partial charge in [-0.25, -0.2) is 4.39 Å². The van der Waals surface area contributed by atoms with Crippen LogP contribution in [0, 0.1) is 15.9 Å². The van der Waals surface area contributed by atoms with Gasteiger partial charge in [-0.3, -0.25) is 14.9 Å². The lowest BCUT2D eigenvalue weighted by Crippen LogP contribution is -2.30. The van der Waals surface area contributed by atoms with E-state index in [2.05, 4.69) is 0 Å². The van der Waals surface area contributed by atoms with E-state index in [1.807, 2.05) is 0 Å². The molecule has 0 spiro atoms. The third kappa shape index (κ3) is 4.51. The molecule has 0 bridgehead atoms. The number of carbonyl (C=O) groups excluding carboxylic acids is 1. The smallest absolute Gasteiger partial charge is 0.312 e. The van der Waals surface area contributed by atoms with Crippen molar-refractivity contribution in [2.24, 2.45) is 0 Å². The Kier molecular flexibility index (Phi) is 5.11. The quantitative estimate of drug-likeness (QED) is 0.455. The summed E-state index contributed by atoms with van der Waals surface area (Å²) in [7, 11) is 0. The van der Waals surface area contributed by atoms with Gasteiger partial charge in [0.1, 0.15) is 11.5 Å². The van der Waals surface area contributed by atoms with Crippen LogP contribution in [-0.4, -0.2) is 17.0 Å². The summed E-state index contributed by atoms with van der Waals surface area (Å²) in [5, 5.41) is 12.4. The minimum atomic E-state index is -5.29. The van der Waals surface area contributed by atoms with Crippen molar-refractivity contribution in [1.82, 2.24) is 0 Å². The number of alkyl halides is 6. The van der Waals surface area contributed by atoms with Crippen LogP contribution in [0.15, 0.2) is 36.4 Å². The Morgan fingerprint density at radius 2 is 1.52 bits per heavy atom. The second-order valence-corrected chi connectivity index (χ2v) is 5.13. The van der Waals surface area contributed by atoms with E-state index in [-0.39, 0.29) is 11.1 Å². The number of anilines is 1. The average Bonchev–Trinajstić information content (AvgIpc) is 2.52. The maximum atomic E-state index is 13.6. The molecule has 1 amide bonds. The lowest BCUT2D eigenvalue weighted by molar-refractivity contribution is -0.383. The third-order valence-electron chi connectivity index (χ3n) is 3.31. The molecule has 5 nitrogen and oxygen atoms in total. The molecule has 0 unspecified atom stereocenters. The molecule has 0 aliphatic rings. The fourth-order valence-electron chi connectivity index (χ4n) is 2.09. The van der Waals surface area contributed by atoms with Gasteiger partial charge in [0.2, 0.25) is 0 Å². The monoisotopic (exact) mass is 396 g/mol. The van der Waals surface area contributed by atoms with Crippen molar-refractivity contribution in [1.29, 1.82) is 0 Å². The zero-order valence-corrected chi connectivity index (χ0v) is 12.8. The van der Waals surface area contributed by atoms with Crippen LogP contribution in [0.2, 0.25) is 0 Å². The molecule has 0 radical (unpaired) electrons. The van der Waals surface area contributed by atoms with Gasteiger partial charge >= 0.3 is 18.3 Å². The Morgan fingerprint density at radius 1 is 0.963 bits per heavy atom. The molecule has 0 fully saturated rings. The molecule has 12 heteroatoms. The van der Waals surface area contributed by atoms with Crippen LogP contribution in [0.5, 0.6) is 0 Å². The number of amides is 1. The molecule has 2 rings (SSSR count). The number of nitrogens with one attached hydrogen (secondary N) is 1. The van der Waals surface area contributed by atoms with Crippen LogP contribution in [0.4, 0.5) is 42.1 Å². The lowest BCUT2D eigenvalue weighted by Gasteiger charge is -2.11. The zero-order chi connectivity index (χ0) is 20.6. The van der Waals surface area contributed by atoms with Crippen molar-refractivity contribution < 1.29 is 40.5 Å². The molecule has 0 heterocycles. The highest BCUT2D eigenvalue weighted by Gasteiger charge is 2.39.